The van der Waals surface area contributed by atoms with E-state index in [0.717, 1.165) is 12.6 Å². The van der Waals surface area contributed by atoms with Crippen molar-refractivity contribution in [2.24, 2.45) is 5.73 Å². The van der Waals surface area contributed by atoms with Gasteiger partial charge in [0, 0.05) is 18.6 Å². The summed E-state index contributed by atoms with van der Waals surface area (Å²) >= 11 is 0. The van der Waals surface area contributed by atoms with E-state index in [2.05, 4.69) is 43.9 Å². The average Bonchev–Trinajstić information content (AvgIpc) is 2.43. The van der Waals surface area contributed by atoms with Crippen LogP contribution in [0.1, 0.15) is 55.7 Å². The van der Waals surface area contributed by atoms with Crippen molar-refractivity contribution in [3.63, 3.8) is 0 Å². The van der Waals surface area contributed by atoms with E-state index in [1.807, 2.05) is 0 Å². The smallest absolute Gasteiger partial charge is 0.0239 e. The lowest BCUT2D eigenvalue weighted by Crippen LogP contribution is -2.41. The Labute approximate surface area is 124 Å². The monoisotopic (exact) mass is 274 g/mol. The van der Waals surface area contributed by atoms with Crippen LogP contribution < -0.4 is 5.73 Å². The fourth-order valence-corrected chi connectivity index (χ4v) is 3.33. The first-order valence-corrected chi connectivity index (χ1v) is 8.16. The van der Waals surface area contributed by atoms with E-state index < -0.39 is 0 Å². The predicted molar refractivity (Wildman–Crippen MR) is 86.8 cm³/mol. The molecule has 0 saturated heterocycles. The van der Waals surface area contributed by atoms with E-state index in [1.165, 1.54) is 55.3 Å². The summed E-state index contributed by atoms with van der Waals surface area (Å²) in [6, 6.07) is 7.99. The standard InChI is InChI=1S/C18H30N2/c1-4-11-20(18-9-7-17(19)8-10-18)13-16-12-14(2)5-6-15(16)3/h5-6,12,17-18H,4,7-11,13,19H2,1-3H3. The SMILES string of the molecule is CCCN(Cc1cc(C)ccc1C)C1CCC(N)CC1. The molecule has 0 heterocycles. The number of aryl methyl sites for hydroxylation is 2. The first-order valence-electron chi connectivity index (χ1n) is 8.16. The molecule has 2 heteroatoms. The number of nitrogens with zero attached hydrogens (tertiary/aromatic N) is 1. The van der Waals surface area contributed by atoms with Crippen LogP contribution in [0.3, 0.4) is 0 Å². The molecule has 0 spiro atoms. The molecule has 1 fully saturated rings. The summed E-state index contributed by atoms with van der Waals surface area (Å²) in [5, 5.41) is 0. The molecular weight excluding hydrogens is 244 g/mol. The van der Waals surface area contributed by atoms with Crippen LogP contribution in [0.5, 0.6) is 0 Å². The Kier molecular flexibility index (Phi) is 5.62. The quantitative estimate of drug-likeness (QED) is 0.885. The van der Waals surface area contributed by atoms with Crippen LogP contribution in [0.25, 0.3) is 0 Å². The van der Waals surface area contributed by atoms with Gasteiger partial charge in [0.1, 0.15) is 0 Å². The second kappa shape index (κ2) is 7.24. The zero-order valence-corrected chi connectivity index (χ0v) is 13.4. The fraction of sp³-hybridized carbons (Fsp3) is 0.667. The fourth-order valence-electron chi connectivity index (χ4n) is 3.33. The van der Waals surface area contributed by atoms with Gasteiger partial charge in [-0.2, -0.15) is 0 Å². The third-order valence-corrected chi connectivity index (χ3v) is 4.65. The Balaban J connectivity index is 2.06. The molecule has 2 rings (SSSR count). The minimum absolute atomic E-state index is 0.440. The normalized spacial score (nSPS) is 23.2. The van der Waals surface area contributed by atoms with Crippen molar-refractivity contribution in [1.29, 1.82) is 0 Å². The van der Waals surface area contributed by atoms with Crippen molar-refractivity contribution in [2.45, 2.75) is 71.5 Å². The summed E-state index contributed by atoms with van der Waals surface area (Å²) in [7, 11) is 0. The van der Waals surface area contributed by atoms with Gasteiger partial charge in [-0.25, -0.2) is 0 Å². The maximum absolute atomic E-state index is 6.05. The highest BCUT2D eigenvalue weighted by Crippen LogP contribution is 2.25. The summed E-state index contributed by atoms with van der Waals surface area (Å²) < 4.78 is 0. The van der Waals surface area contributed by atoms with Crippen molar-refractivity contribution in [2.75, 3.05) is 6.54 Å². The first-order chi connectivity index (χ1) is 9.60. The zero-order chi connectivity index (χ0) is 14.5. The molecule has 0 aliphatic heterocycles. The maximum Gasteiger partial charge on any atom is 0.0239 e. The van der Waals surface area contributed by atoms with Gasteiger partial charge >= 0.3 is 0 Å². The lowest BCUT2D eigenvalue weighted by molar-refractivity contribution is 0.142. The van der Waals surface area contributed by atoms with Gasteiger partial charge in [0.25, 0.3) is 0 Å². The van der Waals surface area contributed by atoms with Gasteiger partial charge in [0.05, 0.1) is 0 Å². The summed E-state index contributed by atoms with van der Waals surface area (Å²) in [5.41, 5.74) is 10.3. The van der Waals surface area contributed by atoms with Gasteiger partial charge < -0.3 is 5.73 Å². The predicted octanol–water partition coefficient (Wildman–Crippen LogP) is 3.79. The molecule has 1 aliphatic carbocycles. The number of hydrogen-bond acceptors (Lipinski definition) is 2. The average molecular weight is 274 g/mol. The van der Waals surface area contributed by atoms with Gasteiger partial charge in [0.2, 0.25) is 0 Å². The molecule has 0 atom stereocenters. The Morgan fingerprint density at radius 2 is 1.85 bits per heavy atom. The molecule has 0 amide bonds. The van der Waals surface area contributed by atoms with Crippen LogP contribution in [0, 0.1) is 13.8 Å². The van der Waals surface area contributed by atoms with E-state index >= 15 is 0 Å². The number of nitrogens with two attached hydrogens (primary N) is 1. The van der Waals surface area contributed by atoms with E-state index in [4.69, 9.17) is 5.73 Å². The molecular formula is C18H30N2. The number of benzene rings is 1. The summed E-state index contributed by atoms with van der Waals surface area (Å²) in [5.74, 6) is 0. The van der Waals surface area contributed by atoms with Gasteiger partial charge in [-0.05, 0) is 63.6 Å². The Hall–Kier alpha value is -0.860. The maximum atomic E-state index is 6.05. The minimum atomic E-state index is 0.440. The van der Waals surface area contributed by atoms with E-state index in [0.29, 0.717) is 6.04 Å². The zero-order valence-electron chi connectivity index (χ0n) is 13.4. The molecule has 112 valence electrons. The van der Waals surface area contributed by atoms with Crippen molar-refractivity contribution >= 4 is 0 Å². The summed E-state index contributed by atoms with van der Waals surface area (Å²) in [4.78, 5) is 2.69. The van der Waals surface area contributed by atoms with Crippen LogP contribution in [0.4, 0.5) is 0 Å². The van der Waals surface area contributed by atoms with Crippen LogP contribution in [-0.2, 0) is 6.54 Å². The Morgan fingerprint density at radius 1 is 1.15 bits per heavy atom. The van der Waals surface area contributed by atoms with Gasteiger partial charge in [-0.15, -0.1) is 0 Å². The topological polar surface area (TPSA) is 29.3 Å². The molecule has 20 heavy (non-hydrogen) atoms. The Bertz CT molecular complexity index is 419. The lowest BCUT2D eigenvalue weighted by atomic mass is 9.90. The number of hydrogen-bond donors (Lipinski definition) is 1. The van der Waals surface area contributed by atoms with Gasteiger partial charge in [0.15, 0.2) is 0 Å². The second-order valence-corrected chi connectivity index (χ2v) is 6.47. The Morgan fingerprint density at radius 3 is 2.50 bits per heavy atom. The van der Waals surface area contributed by atoms with Crippen LogP contribution in [0.15, 0.2) is 18.2 Å². The number of rotatable bonds is 5. The molecule has 1 aliphatic rings. The van der Waals surface area contributed by atoms with Gasteiger partial charge in [-0.3, -0.25) is 4.90 Å². The van der Waals surface area contributed by atoms with Crippen molar-refractivity contribution < 1.29 is 0 Å². The summed E-state index contributed by atoms with van der Waals surface area (Å²) in [6.07, 6.45) is 6.15. The van der Waals surface area contributed by atoms with Crippen LogP contribution in [-0.4, -0.2) is 23.5 Å². The molecule has 1 aromatic rings. The third kappa shape index (κ3) is 4.07. The molecule has 0 aromatic heterocycles. The molecule has 0 radical (unpaired) electrons. The molecule has 1 aromatic carbocycles. The first kappa shape index (κ1) is 15.5. The molecule has 0 unspecified atom stereocenters. The highest BCUT2D eigenvalue weighted by molar-refractivity contribution is 5.30. The third-order valence-electron chi connectivity index (χ3n) is 4.65. The highest BCUT2D eigenvalue weighted by atomic mass is 15.2. The van der Waals surface area contributed by atoms with Gasteiger partial charge in [-0.1, -0.05) is 30.7 Å². The van der Waals surface area contributed by atoms with E-state index in [9.17, 15) is 0 Å². The van der Waals surface area contributed by atoms with Crippen molar-refractivity contribution in [3.05, 3.63) is 34.9 Å². The van der Waals surface area contributed by atoms with E-state index in [1.54, 1.807) is 0 Å². The molecule has 1 saturated carbocycles. The second-order valence-electron chi connectivity index (χ2n) is 6.47. The van der Waals surface area contributed by atoms with Crippen LogP contribution in [0.2, 0.25) is 0 Å². The molecule has 0 bridgehead atoms. The van der Waals surface area contributed by atoms with Crippen molar-refractivity contribution in [3.8, 4) is 0 Å². The van der Waals surface area contributed by atoms with Crippen LogP contribution >= 0.6 is 0 Å². The van der Waals surface area contributed by atoms with E-state index in [-0.39, 0.29) is 0 Å². The summed E-state index contributed by atoms with van der Waals surface area (Å²) in [6.45, 7) is 9.00. The molecule has 2 N–H and O–H groups in total. The van der Waals surface area contributed by atoms with Crippen molar-refractivity contribution in [1.82, 2.24) is 4.90 Å². The largest absolute Gasteiger partial charge is 0.328 e. The highest BCUT2D eigenvalue weighted by Gasteiger charge is 2.24. The minimum Gasteiger partial charge on any atom is -0.328 e. The lowest BCUT2D eigenvalue weighted by Gasteiger charge is -2.36. The molecule has 2 nitrogen and oxygen atoms in total.